The number of hydrogen-bond acceptors (Lipinski definition) is 4. The normalized spacial score (nSPS) is 10.7. The van der Waals surface area contributed by atoms with Gasteiger partial charge in [-0.15, -0.1) is 0 Å². The Morgan fingerprint density at radius 3 is 2.62 bits per heavy atom. The van der Waals surface area contributed by atoms with Crippen molar-refractivity contribution >= 4 is 22.3 Å². The zero-order valence-electron chi connectivity index (χ0n) is 13.2. The van der Waals surface area contributed by atoms with Crippen LogP contribution in [0.1, 0.15) is 0 Å². The molecule has 0 amide bonds. The summed E-state index contributed by atoms with van der Waals surface area (Å²) in [5.74, 6) is 2.46. The second kappa shape index (κ2) is 6.08. The maximum absolute atomic E-state index is 5.56. The second-order valence-electron chi connectivity index (χ2n) is 5.43. The molecular weight excluding hydrogens is 300 g/mol. The van der Waals surface area contributed by atoms with Crippen molar-refractivity contribution in [1.82, 2.24) is 4.98 Å². The third-order valence-electron chi connectivity index (χ3n) is 3.91. The lowest BCUT2D eigenvalue weighted by Gasteiger charge is -2.09. The zero-order valence-corrected chi connectivity index (χ0v) is 13.2. The van der Waals surface area contributed by atoms with Gasteiger partial charge in [0.15, 0.2) is 0 Å². The van der Waals surface area contributed by atoms with Crippen molar-refractivity contribution in [3.05, 3.63) is 73.1 Å². The molecule has 0 spiro atoms. The maximum Gasteiger partial charge on any atom is 0.134 e. The molecule has 0 radical (unpaired) electrons. The first-order valence-electron chi connectivity index (χ1n) is 7.67. The highest BCUT2D eigenvalue weighted by Crippen LogP contribution is 2.30. The summed E-state index contributed by atoms with van der Waals surface area (Å²) in [6, 6.07) is 19.8. The molecule has 24 heavy (non-hydrogen) atoms. The van der Waals surface area contributed by atoms with Crippen LogP contribution in [-0.4, -0.2) is 12.1 Å². The van der Waals surface area contributed by atoms with Gasteiger partial charge in [-0.1, -0.05) is 18.2 Å². The van der Waals surface area contributed by atoms with Crippen LogP contribution in [0, 0.1) is 0 Å². The van der Waals surface area contributed by atoms with E-state index < -0.39 is 0 Å². The van der Waals surface area contributed by atoms with E-state index in [4.69, 9.17) is 9.15 Å². The number of nitrogens with one attached hydrogen (secondary N) is 1. The number of pyridine rings is 1. The summed E-state index contributed by atoms with van der Waals surface area (Å²) in [6.45, 7) is 0. The van der Waals surface area contributed by atoms with E-state index in [9.17, 15) is 0 Å². The second-order valence-corrected chi connectivity index (χ2v) is 5.43. The molecule has 2 heterocycles. The molecule has 2 aromatic heterocycles. The van der Waals surface area contributed by atoms with Crippen molar-refractivity contribution in [3.8, 4) is 17.1 Å². The van der Waals surface area contributed by atoms with E-state index in [1.165, 1.54) is 0 Å². The van der Waals surface area contributed by atoms with Crippen LogP contribution < -0.4 is 10.1 Å². The summed E-state index contributed by atoms with van der Waals surface area (Å²) in [5.41, 5.74) is 2.01. The molecule has 0 atom stereocenters. The standard InChI is InChI=1S/C20H16N2O2/c1-23-16-9-7-15(8-10-16)22-20-12-18-14(13-21-20)4-2-5-17(18)19-6-3-11-24-19/h2-13H,1H3,(H,21,22). The highest BCUT2D eigenvalue weighted by Gasteiger charge is 2.08. The molecule has 0 unspecified atom stereocenters. The number of aromatic nitrogens is 1. The first-order valence-corrected chi connectivity index (χ1v) is 7.67. The minimum Gasteiger partial charge on any atom is -0.497 e. The van der Waals surface area contributed by atoms with E-state index in [2.05, 4.69) is 16.4 Å². The fourth-order valence-corrected chi connectivity index (χ4v) is 2.71. The summed E-state index contributed by atoms with van der Waals surface area (Å²) < 4.78 is 10.7. The summed E-state index contributed by atoms with van der Waals surface area (Å²) >= 11 is 0. The van der Waals surface area contributed by atoms with Crippen LogP contribution >= 0.6 is 0 Å². The SMILES string of the molecule is COc1ccc(Nc2cc3c(-c4ccco4)cccc3cn2)cc1. The first kappa shape index (κ1) is 14.3. The van der Waals surface area contributed by atoms with Gasteiger partial charge in [-0.05, 0) is 47.9 Å². The molecule has 0 aliphatic heterocycles. The van der Waals surface area contributed by atoms with E-state index in [0.29, 0.717) is 0 Å². The smallest absolute Gasteiger partial charge is 0.134 e. The number of methoxy groups -OCH3 is 1. The number of anilines is 2. The third kappa shape index (κ3) is 2.70. The summed E-state index contributed by atoms with van der Waals surface area (Å²) in [6.07, 6.45) is 3.56. The predicted octanol–water partition coefficient (Wildman–Crippen LogP) is 5.25. The van der Waals surface area contributed by atoms with Gasteiger partial charge in [0, 0.05) is 22.8 Å². The van der Waals surface area contributed by atoms with Crippen molar-refractivity contribution in [2.45, 2.75) is 0 Å². The van der Waals surface area contributed by atoms with Crippen molar-refractivity contribution in [3.63, 3.8) is 0 Å². The average molecular weight is 316 g/mol. The Kier molecular flexibility index (Phi) is 3.63. The van der Waals surface area contributed by atoms with Crippen LogP contribution in [0.25, 0.3) is 22.1 Å². The molecule has 4 aromatic rings. The molecule has 0 saturated heterocycles. The fraction of sp³-hybridized carbons (Fsp3) is 0.0500. The van der Waals surface area contributed by atoms with Crippen LogP contribution in [0.4, 0.5) is 11.5 Å². The van der Waals surface area contributed by atoms with Crippen molar-refractivity contribution in [2.75, 3.05) is 12.4 Å². The van der Waals surface area contributed by atoms with Gasteiger partial charge in [0.25, 0.3) is 0 Å². The lowest BCUT2D eigenvalue weighted by Crippen LogP contribution is -1.94. The fourth-order valence-electron chi connectivity index (χ4n) is 2.71. The van der Waals surface area contributed by atoms with E-state index in [1.807, 2.05) is 60.8 Å². The molecule has 0 bridgehead atoms. The molecule has 4 nitrogen and oxygen atoms in total. The van der Waals surface area contributed by atoms with Gasteiger partial charge in [-0.3, -0.25) is 0 Å². The van der Waals surface area contributed by atoms with Gasteiger partial charge in [0.1, 0.15) is 17.3 Å². The minimum atomic E-state index is 0.784. The average Bonchev–Trinajstić information content (AvgIpc) is 3.16. The number of furan rings is 1. The topological polar surface area (TPSA) is 47.3 Å². The van der Waals surface area contributed by atoms with Crippen LogP contribution in [0.15, 0.2) is 77.5 Å². The number of rotatable bonds is 4. The van der Waals surface area contributed by atoms with Crippen LogP contribution in [-0.2, 0) is 0 Å². The number of ether oxygens (including phenoxy) is 1. The van der Waals surface area contributed by atoms with Gasteiger partial charge >= 0.3 is 0 Å². The monoisotopic (exact) mass is 316 g/mol. The Hall–Kier alpha value is -3.27. The lowest BCUT2D eigenvalue weighted by atomic mass is 10.0. The molecule has 0 saturated carbocycles. The van der Waals surface area contributed by atoms with Crippen LogP contribution in [0.3, 0.4) is 0 Å². The van der Waals surface area contributed by atoms with E-state index in [-0.39, 0.29) is 0 Å². The van der Waals surface area contributed by atoms with Gasteiger partial charge in [-0.2, -0.15) is 0 Å². The summed E-state index contributed by atoms with van der Waals surface area (Å²) in [7, 11) is 1.66. The summed E-state index contributed by atoms with van der Waals surface area (Å²) in [4.78, 5) is 4.49. The van der Waals surface area contributed by atoms with Gasteiger partial charge in [0.2, 0.25) is 0 Å². The van der Waals surface area contributed by atoms with Crippen molar-refractivity contribution in [1.29, 1.82) is 0 Å². The highest BCUT2D eigenvalue weighted by molar-refractivity contribution is 5.96. The first-order chi connectivity index (χ1) is 11.8. The maximum atomic E-state index is 5.56. The van der Waals surface area contributed by atoms with Crippen LogP contribution in [0.5, 0.6) is 5.75 Å². The Bertz CT molecular complexity index is 961. The van der Waals surface area contributed by atoms with Gasteiger partial charge in [0.05, 0.1) is 13.4 Å². The van der Waals surface area contributed by atoms with Crippen molar-refractivity contribution in [2.24, 2.45) is 0 Å². The molecule has 0 aliphatic carbocycles. The molecule has 4 rings (SSSR count). The van der Waals surface area contributed by atoms with Gasteiger partial charge in [-0.25, -0.2) is 4.98 Å². The number of fused-ring (bicyclic) bond motifs is 1. The Balaban J connectivity index is 1.73. The largest absolute Gasteiger partial charge is 0.497 e. The Labute approximate surface area is 139 Å². The van der Waals surface area contributed by atoms with E-state index >= 15 is 0 Å². The zero-order chi connectivity index (χ0) is 16.4. The quantitative estimate of drug-likeness (QED) is 0.559. The minimum absolute atomic E-state index is 0.784. The highest BCUT2D eigenvalue weighted by atomic mass is 16.5. The molecule has 4 heteroatoms. The lowest BCUT2D eigenvalue weighted by molar-refractivity contribution is 0.415. The molecule has 118 valence electrons. The molecule has 2 aromatic carbocycles. The number of hydrogen-bond donors (Lipinski definition) is 1. The summed E-state index contributed by atoms with van der Waals surface area (Å²) in [5, 5.41) is 5.49. The van der Waals surface area contributed by atoms with Crippen LogP contribution in [0.2, 0.25) is 0 Å². The van der Waals surface area contributed by atoms with E-state index in [1.54, 1.807) is 13.4 Å². The Morgan fingerprint density at radius 2 is 1.88 bits per heavy atom. The molecule has 1 N–H and O–H groups in total. The van der Waals surface area contributed by atoms with E-state index in [0.717, 1.165) is 39.4 Å². The van der Waals surface area contributed by atoms with Gasteiger partial charge < -0.3 is 14.5 Å². The Morgan fingerprint density at radius 1 is 1.00 bits per heavy atom. The molecule has 0 fully saturated rings. The van der Waals surface area contributed by atoms with Crippen molar-refractivity contribution < 1.29 is 9.15 Å². The predicted molar refractivity (Wildman–Crippen MR) is 95.7 cm³/mol. The molecular formula is C20H16N2O2. The molecule has 0 aliphatic rings. The third-order valence-corrected chi connectivity index (χ3v) is 3.91. The number of benzene rings is 2. The number of nitrogens with zero attached hydrogens (tertiary/aromatic N) is 1.